The van der Waals surface area contributed by atoms with E-state index in [9.17, 15) is 23.3 Å². The number of benzene rings is 2. The number of sulfonamides is 1. The fourth-order valence-corrected chi connectivity index (χ4v) is 3.09. The van der Waals surface area contributed by atoms with Gasteiger partial charge < -0.3 is 4.42 Å². The van der Waals surface area contributed by atoms with Crippen LogP contribution in [0.4, 0.5) is 11.4 Å². The van der Waals surface area contributed by atoms with Crippen molar-refractivity contribution in [1.82, 2.24) is 5.43 Å². The molecule has 1 aromatic heterocycles. The van der Waals surface area contributed by atoms with Gasteiger partial charge in [-0.05, 0) is 36.4 Å². The van der Waals surface area contributed by atoms with Gasteiger partial charge in [-0.15, -0.1) is 0 Å². The van der Waals surface area contributed by atoms with Crippen molar-refractivity contribution in [3.8, 4) is 11.3 Å². The number of hydrogen-bond donors (Lipinski definition) is 1. The number of nitro groups is 1. The number of nitrogens with zero attached hydrogens (tertiary/aromatic N) is 3. The molecule has 160 valence electrons. The Hall–Kier alpha value is -3.99. The van der Waals surface area contributed by atoms with Crippen LogP contribution in [0, 0.1) is 10.1 Å². The lowest BCUT2D eigenvalue weighted by Crippen LogP contribution is -2.25. The van der Waals surface area contributed by atoms with Gasteiger partial charge in [0, 0.05) is 30.3 Å². The maximum absolute atomic E-state index is 12.2. The summed E-state index contributed by atoms with van der Waals surface area (Å²) < 4.78 is 29.8. The zero-order chi connectivity index (χ0) is 22.6. The molecule has 0 aliphatic rings. The molecule has 0 radical (unpaired) electrons. The van der Waals surface area contributed by atoms with Gasteiger partial charge in [0.05, 0.1) is 23.1 Å². The highest BCUT2D eigenvalue weighted by Crippen LogP contribution is 2.25. The van der Waals surface area contributed by atoms with Crippen molar-refractivity contribution < 1.29 is 22.6 Å². The number of nitro benzene ring substituents is 1. The summed E-state index contributed by atoms with van der Waals surface area (Å²) in [7, 11) is -1.98. The van der Waals surface area contributed by atoms with E-state index in [4.69, 9.17) is 4.42 Å². The zero-order valence-corrected chi connectivity index (χ0v) is 17.4. The lowest BCUT2D eigenvalue weighted by Gasteiger charge is -2.16. The fourth-order valence-electron chi connectivity index (χ4n) is 2.58. The van der Waals surface area contributed by atoms with Crippen LogP contribution in [-0.4, -0.2) is 38.8 Å². The minimum Gasteiger partial charge on any atom is -0.455 e. The molecule has 1 N–H and O–H groups in total. The van der Waals surface area contributed by atoms with Crippen LogP contribution in [0.3, 0.4) is 0 Å². The van der Waals surface area contributed by atoms with Crippen LogP contribution in [0.2, 0.25) is 0 Å². The summed E-state index contributed by atoms with van der Waals surface area (Å²) in [5.74, 6) is 0.268. The molecule has 2 aromatic carbocycles. The molecule has 0 saturated heterocycles. The van der Waals surface area contributed by atoms with Gasteiger partial charge in [0.1, 0.15) is 11.5 Å². The molecule has 0 saturated carbocycles. The molecular weight excluding hydrogens is 424 g/mol. The van der Waals surface area contributed by atoms with E-state index in [2.05, 4.69) is 10.5 Å². The highest BCUT2D eigenvalue weighted by Gasteiger charge is 2.13. The number of furan rings is 1. The number of nitrogens with one attached hydrogen (secondary N) is 1. The predicted octanol–water partition coefficient (Wildman–Crippen LogP) is 3.01. The minimum absolute atomic E-state index is 0.0508. The molecule has 0 fully saturated rings. The number of amides is 1. The van der Waals surface area contributed by atoms with Crippen LogP contribution < -0.4 is 9.73 Å². The van der Waals surface area contributed by atoms with E-state index in [1.54, 1.807) is 24.3 Å². The Bertz CT molecular complexity index is 1250. The van der Waals surface area contributed by atoms with E-state index in [1.807, 2.05) is 0 Å². The third-order valence-corrected chi connectivity index (χ3v) is 5.52. The largest absolute Gasteiger partial charge is 0.455 e. The van der Waals surface area contributed by atoms with Crippen LogP contribution in [0.1, 0.15) is 16.1 Å². The topological polar surface area (TPSA) is 135 Å². The molecule has 3 aromatic rings. The first-order chi connectivity index (χ1) is 14.6. The number of rotatable bonds is 7. The van der Waals surface area contributed by atoms with Gasteiger partial charge in [-0.3, -0.25) is 19.2 Å². The molecule has 1 amide bonds. The smallest absolute Gasteiger partial charge is 0.271 e. The molecule has 10 nitrogen and oxygen atoms in total. The van der Waals surface area contributed by atoms with Crippen LogP contribution in [-0.2, 0) is 10.0 Å². The Balaban J connectivity index is 1.64. The van der Waals surface area contributed by atoms with Crippen LogP contribution in [0.25, 0.3) is 11.3 Å². The Morgan fingerprint density at radius 2 is 1.87 bits per heavy atom. The van der Waals surface area contributed by atoms with Crippen LogP contribution in [0.5, 0.6) is 0 Å². The molecule has 1 heterocycles. The van der Waals surface area contributed by atoms with Crippen molar-refractivity contribution in [1.29, 1.82) is 0 Å². The van der Waals surface area contributed by atoms with E-state index in [0.29, 0.717) is 28.3 Å². The molecule has 0 unspecified atom stereocenters. The molecule has 3 rings (SSSR count). The number of carbonyl (C=O) groups excluding carboxylic acids is 1. The van der Waals surface area contributed by atoms with Crippen LogP contribution in [0.15, 0.2) is 70.2 Å². The number of hydrazone groups is 1. The third kappa shape index (κ3) is 5.34. The first-order valence-electron chi connectivity index (χ1n) is 8.87. The summed E-state index contributed by atoms with van der Waals surface area (Å²) in [6.07, 6.45) is 2.38. The summed E-state index contributed by atoms with van der Waals surface area (Å²) in [5, 5.41) is 14.7. The summed E-state index contributed by atoms with van der Waals surface area (Å²) in [6.45, 7) is 0. The van der Waals surface area contributed by atoms with Crippen molar-refractivity contribution in [3.05, 3.63) is 82.1 Å². The van der Waals surface area contributed by atoms with E-state index in [0.717, 1.165) is 10.6 Å². The van der Waals surface area contributed by atoms with Crippen molar-refractivity contribution in [3.63, 3.8) is 0 Å². The quantitative estimate of drug-likeness (QED) is 0.339. The zero-order valence-electron chi connectivity index (χ0n) is 16.6. The second kappa shape index (κ2) is 8.79. The second-order valence-corrected chi connectivity index (χ2v) is 8.50. The monoisotopic (exact) mass is 442 g/mol. The average molecular weight is 442 g/mol. The molecule has 11 heteroatoms. The number of anilines is 1. The molecular formula is C20H18N4O6S. The first-order valence-corrected chi connectivity index (χ1v) is 10.7. The van der Waals surface area contributed by atoms with Crippen LogP contribution >= 0.6 is 0 Å². The molecule has 0 aliphatic heterocycles. The maximum Gasteiger partial charge on any atom is 0.271 e. The highest BCUT2D eigenvalue weighted by atomic mass is 32.2. The summed E-state index contributed by atoms with van der Waals surface area (Å²) >= 11 is 0. The fraction of sp³-hybridized carbons (Fsp3) is 0.100. The standard InChI is InChI=1S/C20H18N4O6S/c1-23(31(2,28)29)16-8-6-14(7-9-16)20(25)22-21-13-18-10-11-19(30-18)15-4-3-5-17(12-15)24(26)27/h3-13H,1-2H3,(H,22,25)/b21-13-. The Labute approximate surface area is 178 Å². The minimum atomic E-state index is -3.39. The van der Waals surface area contributed by atoms with Crippen molar-refractivity contribution in [2.45, 2.75) is 0 Å². The number of non-ortho nitro benzene ring substituents is 1. The SMILES string of the molecule is CN(c1ccc(C(=O)N/N=C\c2ccc(-c3cccc([N+](=O)[O-])c3)o2)cc1)S(C)(=O)=O. The maximum atomic E-state index is 12.2. The Kier molecular flexibility index (Phi) is 6.16. The van der Waals surface area contributed by atoms with Crippen molar-refractivity contribution >= 4 is 33.5 Å². The molecule has 0 bridgehead atoms. The van der Waals surface area contributed by atoms with E-state index < -0.39 is 20.9 Å². The van der Waals surface area contributed by atoms with Gasteiger partial charge in [0.25, 0.3) is 11.6 Å². The Morgan fingerprint density at radius 3 is 2.52 bits per heavy atom. The molecule has 0 atom stereocenters. The number of hydrogen-bond acceptors (Lipinski definition) is 7. The summed E-state index contributed by atoms with van der Waals surface area (Å²) in [6, 6.07) is 15.3. The second-order valence-electron chi connectivity index (χ2n) is 6.49. The average Bonchev–Trinajstić information content (AvgIpc) is 3.21. The van der Waals surface area contributed by atoms with Gasteiger partial charge in [-0.25, -0.2) is 13.8 Å². The van der Waals surface area contributed by atoms with Gasteiger partial charge in [-0.2, -0.15) is 5.10 Å². The lowest BCUT2D eigenvalue weighted by molar-refractivity contribution is -0.384. The summed E-state index contributed by atoms with van der Waals surface area (Å²) in [4.78, 5) is 22.6. The highest BCUT2D eigenvalue weighted by molar-refractivity contribution is 7.92. The van der Waals surface area contributed by atoms with Crippen molar-refractivity contribution in [2.75, 3.05) is 17.6 Å². The Morgan fingerprint density at radius 1 is 1.16 bits per heavy atom. The molecule has 31 heavy (non-hydrogen) atoms. The molecule has 0 aliphatic carbocycles. The van der Waals surface area contributed by atoms with E-state index in [1.165, 1.54) is 49.7 Å². The van der Waals surface area contributed by atoms with Gasteiger partial charge >= 0.3 is 0 Å². The third-order valence-electron chi connectivity index (χ3n) is 4.32. The van der Waals surface area contributed by atoms with E-state index in [-0.39, 0.29) is 5.69 Å². The van der Waals surface area contributed by atoms with E-state index >= 15 is 0 Å². The van der Waals surface area contributed by atoms with Gasteiger partial charge in [-0.1, -0.05) is 12.1 Å². The van der Waals surface area contributed by atoms with Crippen molar-refractivity contribution in [2.24, 2.45) is 5.10 Å². The number of carbonyl (C=O) groups is 1. The normalized spacial score (nSPS) is 11.4. The predicted molar refractivity (Wildman–Crippen MR) is 116 cm³/mol. The van der Waals surface area contributed by atoms with Gasteiger partial charge in [0.15, 0.2) is 0 Å². The lowest BCUT2D eigenvalue weighted by atomic mass is 10.1. The first kappa shape index (κ1) is 21.7. The summed E-state index contributed by atoms with van der Waals surface area (Å²) in [5.41, 5.74) is 3.55. The molecule has 0 spiro atoms. The van der Waals surface area contributed by atoms with Gasteiger partial charge in [0.2, 0.25) is 10.0 Å².